The van der Waals surface area contributed by atoms with E-state index in [0.29, 0.717) is 11.6 Å². The molecule has 0 bridgehead atoms. The topological polar surface area (TPSA) is 70.0 Å². The molecule has 28 heavy (non-hydrogen) atoms. The summed E-state index contributed by atoms with van der Waals surface area (Å²) in [6, 6.07) is 9.01. The summed E-state index contributed by atoms with van der Waals surface area (Å²) in [6.45, 7) is 0. The summed E-state index contributed by atoms with van der Waals surface area (Å²) >= 11 is 0. The van der Waals surface area contributed by atoms with Crippen LogP contribution in [0.4, 0.5) is 8.78 Å². The summed E-state index contributed by atoms with van der Waals surface area (Å²) < 4.78 is 26.8. The monoisotopic (exact) mass is 382 g/mol. The van der Waals surface area contributed by atoms with Crippen LogP contribution in [0, 0.1) is 23.0 Å². The standard InChI is InChI=1S/C22H20F2N2O2/c23-17-7-8-18(19(24)12-17)20(13-25)26-22(28)10-9-21(27)16-6-5-14-3-1-2-4-15(14)11-16/h5-8,11-12,20H,1-4,9-10H2,(H,26,28). The van der Waals surface area contributed by atoms with Gasteiger partial charge in [0, 0.05) is 30.0 Å². The van der Waals surface area contributed by atoms with Gasteiger partial charge in [0.05, 0.1) is 6.07 Å². The summed E-state index contributed by atoms with van der Waals surface area (Å²) in [5.74, 6) is -2.36. The Morgan fingerprint density at radius 3 is 2.50 bits per heavy atom. The van der Waals surface area contributed by atoms with Gasteiger partial charge in [-0.3, -0.25) is 9.59 Å². The molecule has 6 heteroatoms. The van der Waals surface area contributed by atoms with Crippen LogP contribution >= 0.6 is 0 Å². The van der Waals surface area contributed by atoms with Crippen LogP contribution in [0.2, 0.25) is 0 Å². The molecule has 1 aliphatic rings. The number of hydrogen-bond acceptors (Lipinski definition) is 3. The van der Waals surface area contributed by atoms with Gasteiger partial charge in [-0.25, -0.2) is 8.78 Å². The third-order valence-electron chi connectivity index (χ3n) is 4.96. The molecule has 0 aliphatic heterocycles. The summed E-state index contributed by atoms with van der Waals surface area (Å²) in [5.41, 5.74) is 2.93. The molecule has 3 rings (SSSR count). The van der Waals surface area contributed by atoms with Gasteiger partial charge in [-0.15, -0.1) is 0 Å². The lowest BCUT2D eigenvalue weighted by Gasteiger charge is -2.16. The van der Waals surface area contributed by atoms with E-state index in [2.05, 4.69) is 5.32 Å². The first-order valence-corrected chi connectivity index (χ1v) is 9.27. The average molecular weight is 382 g/mol. The van der Waals surface area contributed by atoms with Crippen molar-refractivity contribution in [1.29, 1.82) is 5.26 Å². The predicted molar refractivity (Wildman–Crippen MR) is 99.5 cm³/mol. The highest BCUT2D eigenvalue weighted by molar-refractivity contribution is 5.98. The Morgan fingerprint density at radius 1 is 1.04 bits per heavy atom. The first kappa shape index (κ1) is 19.7. The van der Waals surface area contributed by atoms with Gasteiger partial charge in [-0.1, -0.05) is 18.2 Å². The van der Waals surface area contributed by atoms with Crippen molar-refractivity contribution in [2.75, 3.05) is 0 Å². The maximum atomic E-state index is 13.8. The van der Waals surface area contributed by atoms with Crippen molar-refractivity contribution in [3.63, 3.8) is 0 Å². The zero-order chi connectivity index (χ0) is 20.1. The number of carbonyl (C=O) groups is 2. The van der Waals surface area contributed by atoms with Crippen LogP contribution in [0.15, 0.2) is 36.4 Å². The van der Waals surface area contributed by atoms with Crippen molar-refractivity contribution in [2.24, 2.45) is 0 Å². The fourth-order valence-electron chi connectivity index (χ4n) is 3.43. The molecule has 144 valence electrons. The molecule has 1 aliphatic carbocycles. The number of amides is 1. The lowest BCUT2D eigenvalue weighted by Crippen LogP contribution is -2.28. The van der Waals surface area contributed by atoms with Gasteiger partial charge < -0.3 is 5.32 Å². The summed E-state index contributed by atoms with van der Waals surface area (Å²) in [4.78, 5) is 24.5. The van der Waals surface area contributed by atoms with E-state index in [9.17, 15) is 23.6 Å². The molecule has 0 radical (unpaired) electrons. The molecule has 1 amide bonds. The number of Topliss-reactive ketones (excluding diaryl/α,β-unsaturated/α-hetero) is 1. The van der Waals surface area contributed by atoms with E-state index in [0.717, 1.165) is 37.8 Å². The van der Waals surface area contributed by atoms with Crippen LogP contribution in [-0.4, -0.2) is 11.7 Å². The second-order valence-electron chi connectivity index (χ2n) is 6.91. The average Bonchev–Trinajstić information content (AvgIpc) is 2.70. The largest absolute Gasteiger partial charge is 0.337 e. The lowest BCUT2D eigenvalue weighted by atomic mass is 9.89. The molecule has 0 saturated carbocycles. The van der Waals surface area contributed by atoms with Crippen molar-refractivity contribution in [3.8, 4) is 6.07 Å². The first-order valence-electron chi connectivity index (χ1n) is 9.27. The Labute approximate surface area is 162 Å². The van der Waals surface area contributed by atoms with Crippen molar-refractivity contribution >= 4 is 11.7 Å². The van der Waals surface area contributed by atoms with Crippen molar-refractivity contribution < 1.29 is 18.4 Å². The van der Waals surface area contributed by atoms with Gasteiger partial charge in [-0.05, 0) is 48.9 Å². The molecular weight excluding hydrogens is 362 g/mol. The van der Waals surface area contributed by atoms with E-state index in [4.69, 9.17) is 0 Å². The van der Waals surface area contributed by atoms with Crippen LogP contribution in [0.5, 0.6) is 0 Å². The number of hydrogen-bond donors (Lipinski definition) is 1. The molecule has 0 fully saturated rings. The first-order chi connectivity index (χ1) is 13.5. The smallest absolute Gasteiger partial charge is 0.221 e. The van der Waals surface area contributed by atoms with Gasteiger partial charge in [-0.2, -0.15) is 5.26 Å². The van der Waals surface area contributed by atoms with Gasteiger partial charge in [0.25, 0.3) is 0 Å². The second-order valence-corrected chi connectivity index (χ2v) is 6.91. The number of nitriles is 1. The maximum absolute atomic E-state index is 13.8. The minimum atomic E-state index is -1.24. The molecule has 4 nitrogen and oxygen atoms in total. The van der Waals surface area contributed by atoms with Gasteiger partial charge >= 0.3 is 0 Å². The molecule has 1 unspecified atom stereocenters. The molecule has 0 heterocycles. The second kappa shape index (κ2) is 8.75. The molecule has 2 aromatic carbocycles. The third-order valence-corrected chi connectivity index (χ3v) is 4.96. The minimum Gasteiger partial charge on any atom is -0.337 e. The number of aryl methyl sites for hydroxylation is 2. The Kier molecular flexibility index (Phi) is 6.15. The lowest BCUT2D eigenvalue weighted by molar-refractivity contribution is -0.121. The van der Waals surface area contributed by atoms with Crippen LogP contribution in [-0.2, 0) is 17.6 Å². The van der Waals surface area contributed by atoms with Crippen molar-refractivity contribution in [2.45, 2.75) is 44.6 Å². The van der Waals surface area contributed by atoms with E-state index in [1.165, 1.54) is 11.1 Å². The molecule has 1 N–H and O–H groups in total. The highest BCUT2D eigenvalue weighted by Gasteiger charge is 2.19. The highest BCUT2D eigenvalue weighted by atomic mass is 19.1. The Balaban J connectivity index is 1.58. The fraction of sp³-hybridized carbons (Fsp3) is 0.318. The van der Waals surface area contributed by atoms with Gasteiger partial charge in [0.2, 0.25) is 5.91 Å². The summed E-state index contributed by atoms with van der Waals surface area (Å²) in [5, 5.41) is 11.6. The normalized spacial score (nSPS) is 13.9. The summed E-state index contributed by atoms with van der Waals surface area (Å²) in [7, 11) is 0. The van der Waals surface area contributed by atoms with Crippen molar-refractivity contribution in [3.05, 3.63) is 70.3 Å². The molecule has 0 saturated heterocycles. The van der Waals surface area contributed by atoms with Crippen LogP contribution in [0.3, 0.4) is 0 Å². The van der Waals surface area contributed by atoms with E-state index in [1.807, 2.05) is 12.1 Å². The quantitative estimate of drug-likeness (QED) is 0.762. The van der Waals surface area contributed by atoms with E-state index >= 15 is 0 Å². The Hall–Kier alpha value is -3.07. The number of rotatable bonds is 6. The minimum absolute atomic E-state index is 0.00529. The maximum Gasteiger partial charge on any atom is 0.221 e. The zero-order valence-corrected chi connectivity index (χ0v) is 15.3. The number of benzene rings is 2. The highest BCUT2D eigenvalue weighted by Crippen LogP contribution is 2.23. The number of halogens is 2. The van der Waals surface area contributed by atoms with E-state index in [-0.39, 0.29) is 24.2 Å². The zero-order valence-electron chi connectivity index (χ0n) is 15.3. The van der Waals surface area contributed by atoms with Gasteiger partial charge in [0.15, 0.2) is 5.78 Å². The Bertz CT molecular complexity index is 950. The molecular formula is C22H20F2N2O2. The number of carbonyl (C=O) groups excluding carboxylic acids is 2. The van der Waals surface area contributed by atoms with Crippen molar-refractivity contribution in [1.82, 2.24) is 5.32 Å². The SMILES string of the molecule is N#CC(NC(=O)CCC(=O)c1ccc2c(c1)CCCC2)c1ccc(F)cc1F. The van der Waals surface area contributed by atoms with E-state index in [1.54, 1.807) is 12.1 Å². The molecule has 0 spiro atoms. The predicted octanol–water partition coefficient (Wildman–Crippen LogP) is 4.19. The van der Waals surface area contributed by atoms with E-state index < -0.39 is 23.6 Å². The number of nitrogens with zero attached hydrogens (tertiary/aromatic N) is 1. The number of ketones is 1. The van der Waals surface area contributed by atoms with Crippen LogP contribution in [0.1, 0.15) is 58.8 Å². The number of fused-ring (bicyclic) bond motifs is 1. The van der Waals surface area contributed by atoms with Crippen LogP contribution < -0.4 is 5.32 Å². The molecule has 0 aromatic heterocycles. The number of nitrogens with one attached hydrogen (secondary N) is 1. The Morgan fingerprint density at radius 2 is 1.79 bits per heavy atom. The summed E-state index contributed by atoms with van der Waals surface area (Å²) in [6.07, 6.45) is 4.15. The molecule has 1 atom stereocenters. The van der Waals surface area contributed by atoms with Gasteiger partial charge in [0.1, 0.15) is 17.7 Å². The third kappa shape index (κ3) is 4.61. The fourth-order valence-corrected chi connectivity index (χ4v) is 3.43. The van der Waals surface area contributed by atoms with Crippen LogP contribution in [0.25, 0.3) is 0 Å². The molecule has 2 aromatic rings.